The minimum atomic E-state index is -0.668. The summed E-state index contributed by atoms with van der Waals surface area (Å²) in [5, 5.41) is 23.3. The van der Waals surface area contributed by atoms with E-state index in [-0.39, 0.29) is 18.5 Å². The SMILES string of the molecule is CCCCCC/C=C\C/C=C\CCCCCCCC(=O)OCC/C=C\C/C=C\CCCCCCCCCCCCCCCCC(=O)NC(CO)C(O)CCCCCCCCCCCCCCCC. The fourth-order valence-electron chi connectivity index (χ4n) is 9.04. The summed E-state index contributed by atoms with van der Waals surface area (Å²) in [6.07, 6.45) is 72.6. The van der Waals surface area contributed by atoms with Gasteiger partial charge in [-0.1, -0.05) is 268 Å². The first-order valence-corrected chi connectivity index (χ1v) is 29.9. The van der Waals surface area contributed by atoms with E-state index < -0.39 is 12.1 Å². The number of nitrogens with one attached hydrogen (secondary N) is 1. The molecule has 0 spiro atoms. The van der Waals surface area contributed by atoms with Gasteiger partial charge in [0.05, 0.1) is 25.4 Å². The number of allylic oxidation sites excluding steroid dienone is 7. The van der Waals surface area contributed by atoms with Gasteiger partial charge in [-0.05, 0) is 77.0 Å². The average molecular weight is 955 g/mol. The lowest BCUT2D eigenvalue weighted by atomic mass is 10.0. The topological polar surface area (TPSA) is 95.9 Å². The minimum Gasteiger partial charge on any atom is -0.465 e. The largest absolute Gasteiger partial charge is 0.465 e. The molecule has 0 rings (SSSR count). The number of ether oxygens (including phenoxy) is 1. The predicted octanol–water partition coefficient (Wildman–Crippen LogP) is 18.6. The van der Waals surface area contributed by atoms with Crippen LogP contribution in [0.15, 0.2) is 48.6 Å². The molecule has 0 fully saturated rings. The summed E-state index contributed by atoms with van der Waals surface area (Å²) in [6, 6.07) is -0.546. The third kappa shape index (κ3) is 53.2. The van der Waals surface area contributed by atoms with Crippen molar-refractivity contribution < 1.29 is 24.5 Å². The van der Waals surface area contributed by atoms with Gasteiger partial charge in [0, 0.05) is 12.8 Å². The highest BCUT2D eigenvalue weighted by Crippen LogP contribution is 2.17. The quantitative estimate of drug-likeness (QED) is 0.0321. The van der Waals surface area contributed by atoms with Crippen LogP contribution in [-0.2, 0) is 14.3 Å². The molecule has 0 saturated carbocycles. The summed E-state index contributed by atoms with van der Waals surface area (Å²) in [6.45, 7) is 4.82. The summed E-state index contributed by atoms with van der Waals surface area (Å²) < 4.78 is 5.41. The van der Waals surface area contributed by atoms with Crippen LogP contribution in [0.3, 0.4) is 0 Å². The average Bonchev–Trinajstić information content (AvgIpc) is 3.34. The zero-order valence-corrected chi connectivity index (χ0v) is 45.3. The van der Waals surface area contributed by atoms with Crippen LogP contribution in [0.25, 0.3) is 0 Å². The Hall–Kier alpha value is -2.18. The van der Waals surface area contributed by atoms with Gasteiger partial charge in [-0.25, -0.2) is 0 Å². The van der Waals surface area contributed by atoms with Gasteiger partial charge in [0.25, 0.3) is 0 Å². The van der Waals surface area contributed by atoms with E-state index in [0.717, 1.165) is 64.2 Å². The molecule has 0 aliphatic rings. The summed E-state index contributed by atoms with van der Waals surface area (Å²) in [5.74, 6) is -0.0888. The highest BCUT2D eigenvalue weighted by molar-refractivity contribution is 5.76. The molecule has 0 aromatic rings. The minimum absolute atomic E-state index is 0.0398. The number of hydrogen-bond donors (Lipinski definition) is 3. The molecular formula is C62H115NO5. The molecule has 0 aliphatic heterocycles. The standard InChI is InChI=1S/C62H115NO5/c1-3-5-7-9-11-13-15-17-19-28-32-36-40-44-48-52-56-62(67)68-57-53-49-45-41-37-33-29-26-24-22-20-21-23-25-27-31-35-39-43-47-51-55-61(66)63-59(58-64)60(65)54-50-46-42-38-34-30-18-16-14-12-10-8-6-4-2/h13,15,19,28,33,37,45,49,59-60,64-65H,3-12,14,16-18,20-27,29-32,34-36,38-44,46-48,50-58H2,1-2H3,(H,63,66)/b15-13-,28-19-,37-33-,49-45-. The van der Waals surface area contributed by atoms with Crippen molar-refractivity contribution in [1.82, 2.24) is 5.32 Å². The van der Waals surface area contributed by atoms with Crippen molar-refractivity contribution in [3.63, 3.8) is 0 Å². The molecule has 0 bridgehead atoms. The van der Waals surface area contributed by atoms with Gasteiger partial charge >= 0.3 is 5.97 Å². The number of rotatable bonds is 55. The van der Waals surface area contributed by atoms with Gasteiger partial charge in [-0.15, -0.1) is 0 Å². The Morgan fingerprint density at radius 1 is 0.412 bits per heavy atom. The van der Waals surface area contributed by atoms with Crippen molar-refractivity contribution in [3.8, 4) is 0 Å². The first-order valence-electron chi connectivity index (χ1n) is 29.9. The first kappa shape index (κ1) is 65.8. The van der Waals surface area contributed by atoms with Crippen LogP contribution in [0, 0.1) is 0 Å². The number of esters is 1. The lowest BCUT2D eigenvalue weighted by Gasteiger charge is -2.22. The van der Waals surface area contributed by atoms with Crippen LogP contribution in [0.5, 0.6) is 0 Å². The summed E-state index contributed by atoms with van der Waals surface area (Å²) >= 11 is 0. The molecule has 398 valence electrons. The van der Waals surface area contributed by atoms with Gasteiger partial charge < -0.3 is 20.3 Å². The van der Waals surface area contributed by atoms with E-state index in [2.05, 4.69) is 67.8 Å². The zero-order chi connectivity index (χ0) is 49.3. The van der Waals surface area contributed by atoms with Crippen LogP contribution in [0.4, 0.5) is 0 Å². The number of carbonyl (C=O) groups is 2. The van der Waals surface area contributed by atoms with Gasteiger partial charge in [0.2, 0.25) is 5.91 Å². The molecule has 68 heavy (non-hydrogen) atoms. The summed E-state index contributed by atoms with van der Waals surface area (Å²) in [7, 11) is 0. The van der Waals surface area contributed by atoms with Gasteiger partial charge in [-0.2, -0.15) is 0 Å². The van der Waals surface area contributed by atoms with E-state index in [1.807, 2.05) is 0 Å². The Balaban J connectivity index is 3.46. The zero-order valence-electron chi connectivity index (χ0n) is 45.3. The molecule has 6 heteroatoms. The molecule has 6 nitrogen and oxygen atoms in total. The molecule has 0 aromatic carbocycles. The smallest absolute Gasteiger partial charge is 0.305 e. The van der Waals surface area contributed by atoms with Crippen LogP contribution in [-0.4, -0.2) is 47.4 Å². The second-order valence-corrected chi connectivity index (χ2v) is 20.3. The van der Waals surface area contributed by atoms with E-state index in [9.17, 15) is 19.8 Å². The van der Waals surface area contributed by atoms with Crippen LogP contribution in [0.2, 0.25) is 0 Å². The van der Waals surface area contributed by atoms with Crippen molar-refractivity contribution in [2.45, 2.75) is 321 Å². The Morgan fingerprint density at radius 3 is 1.13 bits per heavy atom. The van der Waals surface area contributed by atoms with E-state index in [1.165, 1.54) is 212 Å². The molecule has 0 heterocycles. The predicted molar refractivity (Wildman–Crippen MR) is 296 cm³/mol. The number of carbonyl (C=O) groups excluding carboxylic acids is 2. The van der Waals surface area contributed by atoms with Crippen molar-refractivity contribution >= 4 is 11.9 Å². The number of hydrogen-bond acceptors (Lipinski definition) is 5. The Labute approximate surface area is 423 Å². The lowest BCUT2D eigenvalue weighted by molar-refractivity contribution is -0.143. The molecule has 0 aliphatic carbocycles. The lowest BCUT2D eigenvalue weighted by Crippen LogP contribution is -2.45. The van der Waals surface area contributed by atoms with E-state index in [0.29, 0.717) is 25.9 Å². The second-order valence-electron chi connectivity index (χ2n) is 20.3. The fourth-order valence-corrected chi connectivity index (χ4v) is 9.04. The van der Waals surface area contributed by atoms with E-state index in [4.69, 9.17) is 4.74 Å². The van der Waals surface area contributed by atoms with Gasteiger partial charge in [0.15, 0.2) is 0 Å². The first-order chi connectivity index (χ1) is 33.5. The van der Waals surface area contributed by atoms with Crippen LogP contribution >= 0.6 is 0 Å². The molecule has 0 radical (unpaired) electrons. The fraction of sp³-hybridized carbons (Fsp3) is 0.839. The third-order valence-corrected chi connectivity index (χ3v) is 13.6. The number of aliphatic hydroxyl groups excluding tert-OH is 2. The molecule has 0 aromatic heterocycles. The van der Waals surface area contributed by atoms with Gasteiger partial charge in [-0.3, -0.25) is 9.59 Å². The molecule has 3 N–H and O–H groups in total. The van der Waals surface area contributed by atoms with Gasteiger partial charge in [0.1, 0.15) is 0 Å². The number of aliphatic hydroxyl groups is 2. The molecular weight excluding hydrogens is 839 g/mol. The summed E-state index contributed by atoms with van der Waals surface area (Å²) in [5.41, 5.74) is 0. The van der Waals surface area contributed by atoms with Crippen molar-refractivity contribution in [2.75, 3.05) is 13.2 Å². The highest BCUT2D eigenvalue weighted by Gasteiger charge is 2.20. The normalized spacial score (nSPS) is 12.9. The van der Waals surface area contributed by atoms with Crippen LogP contribution < -0.4 is 5.32 Å². The maximum Gasteiger partial charge on any atom is 0.305 e. The monoisotopic (exact) mass is 954 g/mol. The van der Waals surface area contributed by atoms with Crippen molar-refractivity contribution in [2.24, 2.45) is 0 Å². The second kappa shape index (κ2) is 57.4. The van der Waals surface area contributed by atoms with E-state index >= 15 is 0 Å². The summed E-state index contributed by atoms with van der Waals surface area (Å²) in [4.78, 5) is 24.5. The third-order valence-electron chi connectivity index (χ3n) is 13.6. The van der Waals surface area contributed by atoms with Crippen LogP contribution in [0.1, 0.15) is 309 Å². The molecule has 2 atom stereocenters. The maximum absolute atomic E-state index is 12.5. The maximum atomic E-state index is 12.5. The Kier molecular flexibility index (Phi) is 55.6. The van der Waals surface area contributed by atoms with E-state index in [1.54, 1.807) is 0 Å². The molecule has 1 amide bonds. The van der Waals surface area contributed by atoms with Crippen molar-refractivity contribution in [1.29, 1.82) is 0 Å². The van der Waals surface area contributed by atoms with Crippen molar-refractivity contribution in [3.05, 3.63) is 48.6 Å². The Bertz CT molecular complexity index is 1150. The highest BCUT2D eigenvalue weighted by atomic mass is 16.5. The molecule has 0 saturated heterocycles. The molecule has 2 unspecified atom stereocenters. The Morgan fingerprint density at radius 2 is 0.735 bits per heavy atom. The number of amides is 1. The number of unbranched alkanes of at least 4 members (excludes halogenated alkanes) is 36.